The van der Waals surface area contributed by atoms with Crippen LogP contribution in [0.2, 0.25) is 0 Å². The number of ether oxygens (including phenoxy) is 1. The lowest BCUT2D eigenvalue weighted by molar-refractivity contribution is -0.116. The quantitative estimate of drug-likeness (QED) is 0.796. The van der Waals surface area contributed by atoms with Crippen molar-refractivity contribution in [3.05, 3.63) is 23.8 Å². The number of carbonyl (C=O) groups excluding carboxylic acids is 1. The van der Waals surface area contributed by atoms with E-state index in [0.717, 1.165) is 23.5 Å². The van der Waals surface area contributed by atoms with Crippen molar-refractivity contribution < 1.29 is 9.53 Å². The molecule has 0 aromatic heterocycles. The van der Waals surface area contributed by atoms with Gasteiger partial charge >= 0.3 is 0 Å². The highest BCUT2D eigenvalue weighted by atomic mass is 16.5. The molecule has 106 valence electrons. The molecular weight excluding hydrogens is 240 g/mol. The summed E-state index contributed by atoms with van der Waals surface area (Å²) in [6, 6.07) is 5.96. The highest BCUT2D eigenvalue weighted by Gasteiger charge is 2.11. The number of benzene rings is 1. The first-order chi connectivity index (χ1) is 9.06. The number of hydrogen-bond donors (Lipinski definition) is 2. The van der Waals surface area contributed by atoms with Gasteiger partial charge in [-0.2, -0.15) is 0 Å². The maximum absolute atomic E-state index is 11.9. The van der Waals surface area contributed by atoms with E-state index in [2.05, 4.69) is 10.6 Å². The van der Waals surface area contributed by atoms with Gasteiger partial charge in [0.25, 0.3) is 0 Å². The molecule has 1 amide bonds. The second-order valence-corrected chi connectivity index (χ2v) is 4.64. The van der Waals surface area contributed by atoms with Crippen LogP contribution >= 0.6 is 0 Å². The van der Waals surface area contributed by atoms with Gasteiger partial charge in [-0.25, -0.2) is 0 Å². The maximum Gasteiger partial charge on any atom is 0.226 e. The van der Waals surface area contributed by atoms with Gasteiger partial charge in [-0.15, -0.1) is 0 Å². The highest BCUT2D eigenvalue weighted by molar-refractivity contribution is 5.92. The fourth-order valence-electron chi connectivity index (χ4n) is 1.91. The molecule has 4 nitrogen and oxygen atoms in total. The van der Waals surface area contributed by atoms with Gasteiger partial charge in [-0.1, -0.05) is 13.0 Å². The van der Waals surface area contributed by atoms with Crippen molar-refractivity contribution in [2.24, 2.45) is 0 Å². The van der Waals surface area contributed by atoms with E-state index in [1.54, 1.807) is 0 Å². The first kappa shape index (κ1) is 15.5. The van der Waals surface area contributed by atoms with E-state index >= 15 is 0 Å². The molecule has 4 heteroatoms. The van der Waals surface area contributed by atoms with E-state index in [0.29, 0.717) is 13.0 Å². The lowest BCUT2D eigenvalue weighted by Crippen LogP contribution is -2.30. The molecule has 0 saturated carbocycles. The molecule has 0 heterocycles. The molecule has 1 unspecified atom stereocenters. The van der Waals surface area contributed by atoms with Gasteiger partial charge in [0.2, 0.25) is 5.91 Å². The van der Waals surface area contributed by atoms with Crippen LogP contribution in [0.25, 0.3) is 0 Å². The lowest BCUT2D eigenvalue weighted by Gasteiger charge is -2.15. The molecule has 1 aromatic rings. The predicted octanol–water partition coefficient (Wildman–Crippen LogP) is 2.72. The van der Waals surface area contributed by atoms with Gasteiger partial charge in [-0.05, 0) is 45.0 Å². The number of hydrogen-bond acceptors (Lipinski definition) is 3. The molecule has 1 atom stereocenters. The predicted molar refractivity (Wildman–Crippen MR) is 78.7 cm³/mol. The van der Waals surface area contributed by atoms with E-state index < -0.39 is 0 Å². The minimum Gasteiger partial charge on any atom is -0.492 e. The van der Waals surface area contributed by atoms with Crippen molar-refractivity contribution in [1.82, 2.24) is 5.32 Å². The molecular formula is C15H24N2O2. The number of carbonyl (C=O) groups is 1. The van der Waals surface area contributed by atoms with Gasteiger partial charge in [-0.3, -0.25) is 4.79 Å². The van der Waals surface area contributed by atoms with Crippen molar-refractivity contribution in [3.63, 3.8) is 0 Å². The molecule has 0 radical (unpaired) electrons. The summed E-state index contributed by atoms with van der Waals surface area (Å²) in [7, 11) is 0. The Bertz CT molecular complexity index is 419. The third kappa shape index (κ3) is 5.30. The largest absolute Gasteiger partial charge is 0.492 e. The average molecular weight is 264 g/mol. The van der Waals surface area contributed by atoms with E-state index in [1.165, 1.54) is 0 Å². The summed E-state index contributed by atoms with van der Waals surface area (Å²) in [5.41, 5.74) is 1.85. The normalized spacial score (nSPS) is 12.0. The number of anilines is 1. The van der Waals surface area contributed by atoms with Crippen LogP contribution in [-0.4, -0.2) is 25.1 Å². The SMILES string of the molecule is CCNC(C)CC(=O)Nc1ccc(C)cc1OCC. The summed E-state index contributed by atoms with van der Waals surface area (Å²) in [5, 5.41) is 6.13. The number of amides is 1. The first-order valence-electron chi connectivity index (χ1n) is 6.83. The minimum atomic E-state index is -0.00161. The smallest absolute Gasteiger partial charge is 0.226 e. The van der Waals surface area contributed by atoms with Crippen LogP contribution in [0.5, 0.6) is 5.75 Å². The molecule has 0 saturated heterocycles. The minimum absolute atomic E-state index is 0.00161. The molecule has 2 N–H and O–H groups in total. The van der Waals surface area contributed by atoms with Crippen LogP contribution in [0.1, 0.15) is 32.8 Å². The Balaban J connectivity index is 2.67. The Hall–Kier alpha value is -1.55. The van der Waals surface area contributed by atoms with Crippen LogP contribution in [-0.2, 0) is 4.79 Å². The highest BCUT2D eigenvalue weighted by Crippen LogP contribution is 2.25. The number of aryl methyl sites for hydroxylation is 1. The Morgan fingerprint density at radius 2 is 2.11 bits per heavy atom. The lowest BCUT2D eigenvalue weighted by atomic mass is 10.2. The molecule has 0 aliphatic rings. The zero-order valence-corrected chi connectivity index (χ0v) is 12.2. The van der Waals surface area contributed by atoms with Gasteiger partial charge in [0.05, 0.1) is 12.3 Å². The number of rotatable bonds is 7. The van der Waals surface area contributed by atoms with Crippen LogP contribution in [0.3, 0.4) is 0 Å². The zero-order valence-electron chi connectivity index (χ0n) is 12.2. The Morgan fingerprint density at radius 1 is 1.37 bits per heavy atom. The van der Waals surface area contributed by atoms with E-state index in [4.69, 9.17) is 4.74 Å². The van der Waals surface area contributed by atoms with Crippen LogP contribution in [0, 0.1) is 6.92 Å². The van der Waals surface area contributed by atoms with Crippen LogP contribution in [0.15, 0.2) is 18.2 Å². The summed E-state index contributed by atoms with van der Waals surface area (Å²) in [4.78, 5) is 11.9. The first-order valence-corrected chi connectivity index (χ1v) is 6.83. The fourth-order valence-corrected chi connectivity index (χ4v) is 1.91. The Kier molecular flexibility index (Phi) is 6.36. The molecule has 1 aromatic carbocycles. The van der Waals surface area contributed by atoms with E-state index in [9.17, 15) is 4.79 Å². The topological polar surface area (TPSA) is 50.4 Å². The van der Waals surface area contributed by atoms with Crippen molar-refractivity contribution in [2.75, 3.05) is 18.5 Å². The molecule has 0 fully saturated rings. The zero-order chi connectivity index (χ0) is 14.3. The molecule has 19 heavy (non-hydrogen) atoms. The fraction of sp³-hybridized carbons (Fsp3) is 0.533. The standard InChI is InChI=1S/C15H24N2O2/c1-5-16-12(4)10-15(18)17-13-8-7-11(3)9-14(13)19-6-2/h7-9,12,16H,5-6,10H2,1-4H3,(H,17,18). The van der Waals surface area contributed by atoms with Gasteiger partial charge < -0.3 is 15.4 Å². The molecule has 0 bridgehead atoms. The summed E-state index contributed by atoms with van der Waals surface area (Å²) in [6.07, 6.45) is 0.452. The summed E-state index contributed by atoms with van der Waals surface area (Å²) < 4.78 is 5.54. The second-order valence-electron chi connectivity index (χ2n) is 4.64. The molecule has 1 rings (SSSR count). The summed E-state index contributed by atoms with van der Waals surface area (Å²) >= 11 is 0. The van der Waals surface area contributed by atoms with Crippen molar-refractivity contribution >= 4 is 11.6 Å². The van der Waals surface area contributed by atoms with Gasteiger partial charge in [0.15, 0.2) is 0 Å². The summed E-state index contributed by atoms with van der Waals surface area (Å²) in [6.45, 7) is 9.41. The van der Waals surface area contributed by atoms with Gasteiger partial charge in [0.1, 0.15) is 5.75 Å². The van der Waals surface area contributed by atoms with Crippen LogP contribution in [0.4, 0.5) is 5.69 Å². The second kappa shape index (κ2) is 7.79. The third-order valence-electron chi connectivity index (χ3n) is 2.76. The van der Waals surface area contributed by atoms with Crippen molar-refractivity contribution in [2.45, 2.75) is 40.2 Å². The van der Waals surface area contributed by atoms with E-state index in [-0.39, 0.29) is 11.9 Å². The third-order valence-corrected chi connectivity index (χ3v) is 2.76. The van der Waals surface area contributed by atoms with E-state index in [1.807, 2.05) is 45.9 Å². The molecule has 0 aliphatic carbocycles. The average Bonchev–Trinajstić information content (AvgIpc) is 2.33. The Morgan fingerprint density at radius 3 is 2.74 bits per heavy atom. The Labute approximate surface area is 115 Å². The molecule has 0 aliphatic heterocycles. The van der Waals surface area contributed by atoms with Crippen molar-refractivity contribution in [3.8, 4) is 5.75 Å². The number of nitrogens with one attached hydrogen (secondary N) is 2. The molecule has 0 spiro atoms. The monoisotopic (exact) mass is 264 g/mol. The van der Waals surface area contributed by atoms with Crippen LogP contribution < -0.4 is 15.4 Å². The van der Waals surface area contributed by atoms with Gasteiger partial charge in [0, 0.05) is 12.5 Å². The van der Waals surface area contributed by atoms with Crippen molar-refractivity contribution in [1.29, 1.82) is 0 Å². The maximum atomic E-state index is 11.9. The summed E-state index contributed by atoms with van der Waals surface area (Å²) in [5.74, 6) is 0.727.